The molecule has 0 atom stereocenters. The number of amides is 1. The van der Waals surface area contributed by atoms with Crippen molar-refractivity contribution in [3.63, 3.8) is 0 Å². The third-order valence-electron chi connectivity index (χ3n) is 2.34. The average molecular weight is 354 g/mol. The summed E-state index contributed by atoms with van der Waals surface area (Å²) in [6, 6.07) is 12.6. The summed E-state index contributed by atoms with van der Waals surface area (Å²) in [5.74, 6) is 0.889. The zero-order chi connectivity index (χ0) is 14.4. The number of hydrogen-bond acceptors (Lipinski definition) is 5. The van der Waals surface area contributed by atoms with Crippen molar-refractivity contribution in [2.24, 2.45) is 0 Å². The summed E-state index contributed by atoms with van der Waals surface area (Å²) in [6.07, 6.45) is 0. The number of aromatic nitrogens is 1. The van der Waals surface area contributed by atoms with Gasteiger partial charge in [0.2, 0.25) is 5.88 Å². The van der Waals surface area contributed by atoms with E-state index in [4.69, 9.17) is 4.74 Å². The van der Waals surface area contributed by atoms with Gasteiger partial charge in [-0.1, -0.05) is 18.2 Å². The van der Waals surface area contributed by atoms with Crippen molar-refractivity contribution in [3.8, 4) is 5.88 Å². The van der Waals surface area contributed by atoms with Gasteiger partial charge in [-0.2, -0.15) is 4.98 Å². The quantitative estimate of drug-likeness (QED) is 0.807. The van der Waals surface area contributed by atoms with Crippen LogP contribution in [0.4, 0.5) is 5.82 Å². The van der Waals surface area contributed by atoms with E-state index < -0.39 is 0 Å². The fourth-order valence-electron chi connectivity index (χ4n) is 1.40. The Morgan fingerprint density at radius 3 is 2.70 bits per heavy atom. The third-order valence-corrected chi connectivity index (χ3v) is 3.54. The van der Waals surface area contributed by atoms with E-state index in [-0.39, 0.29) is 5.91 Å². The Bertz CT molecular complexity index is 595. The summed E-state index contributed by atoms with van der Waals surface area (Å²) >= 11 is 4.37. The lowest BCUT2D eigenvalue weighted by Gasteiger charge is -2.08. The highest BCUT2D eigenvalue weighted by molar-refractivity contribution is 9.10. The highest BCUT2D eigenvalue weighted by Crippen LogP contribution is 2.24. The van der Waals surface area contributed by atoms with Gasteiger partial charge < -0.3 is 4.74 Å². The number of benzene rings is 1. The van der Waals surface area contributed by atoms with Crippen LogP contribution in [0.1, 0.15) is 10.4 Å². The molecule has 1 heterocycles. The van der Waals surface area contributed by atoms with Crippen LogP contribution in [0, 0.1) is 0 Å². The highest BCUT2D eigenvalue weighted by Gasteiger charge is 2.06. The monoisotopic (exact) mass is 353 g/mol. The van der Waals surface area contributed by atoms with Gasteiger partial charge in [0.25, 0.3) is 5.91 Å². The van der Waals surface area contributed by atoms with Crippen LogP contribution in [0.2, 0.25) is 0 Å². The van der Waals surface area contributed by atoms with Gasteiger partial charge in [-0.05, 0) is 40.2 Å². The second-order valence-electron chi connectivity index (χ2n) is 3.69. The van der Waals surface area contributed by atoms with E-state index in [0.717, 1.165) is 16.6 Å². The number of nitrogens with zero attached hydrogens (tertiary/aromatic N) is 1. The first-order chi connectivity index (χ1) is 9.70. The molecule has 0 spiro atoms. The molecule has 0 saturated carbocycles. The molecule has 0 unspecified atom stereocenters. The molecule has 0 aliphatic carbocycles. The van der Waals surface area contributed by atoms with E-state index in [0.29, 0.717) is 17.3 Å². The molecule has 2 N–H and O–H groups in total. The minimum Gasteiger partial charge on any atom is -0.480 e. The maximum absolute atomic E-state index is 11.8. The van der Waals surface area contributed by atoms with Crippen LogP contribution in [0.25, 0.3) is 0 Å². The van der Waals surface area contributed by atoms with Crippen LogP contribution in [0.15, 0.2) is 46.9 Å². The van der Waals surface area contributed by atoms with E-state index in [1.807, 2.05) is 24.3 Å². The number of carbonyl (C=O) groups excluding carboxylic acids is 1. The standard InChI is InChI=1S/C13H12BrN3O2S/c1-19-13-10(14)7-8-11(15-13)16-20-17-12(18)9-5-3-2-4-6-9/h2-8H,1H3,(H,15,16)(H,17,18). The number of halogens is 1. The number of hydrogen-bond donors (Lipinski definition) is 2. The molecule has 0 bridgehead atoms. The van der Waals surface area contributed by atoms with Gasteiger partial charge >= 0.3 is 0 Å². The number of rotatable bonds is 5. The van der Waals surface area contributed by atoms with Gasteiger partial charge in [-0.15, -0.1) is 0 Å². The summed E-state index contributed by atoms with van der Waals surface area (Å²) in [7, 11) is 1.54. The topological polar surface area (TPSA) is 63.2 Å². The minimum absolute atomic E-state index is 0.174. The predicted molar refractivity (Wildman–Crippen MR) is 83.6 cm³/mol. The molecule has 7 heteroatoms. The first-order valence-corrected chi connectivity index (χ1v) is 7.29. The zero-order valence-corrected chi connectivity index (χ0v) is 13.0. The molecule has 0 radical (unpaired) electrons. The molecule has 1 aromatic carbocycles. The molecule has 1 aromatic heterocycles. The summed E-state index contributed by atoms with van der Waals surface area (Å²) < 4.78 is 11.4. The van der Waals surface area contributed by atoms with Crippen molar-refractivity contribution in [2.45, 2.75) is 0 Å². The van der Waals surface area contributed by atoms with Crippen molar-refractivity contribution in [1.82, 2.24) is 9.71 Å². The average Bonchev–Trinajstić information content (AvgIpc) is 2.49. The van der Waals surface area contributed by atoms with Crippen molar-refractivity contribution in [3.05, 3.63) is 52.5 Å². The van der Waals surface area contributed by atoms with Crippen LogP contribution < -0.4 is 14.2 Å². The highest BCUT2D eigenvalue weighted by atomic mass is 79.9. The van der Waals surface area contributed by atoms with Crippen molar-refractivity contribution >= 4 is 39.8 Å². The second-order valence-corrected chi connectivity index (χ2v) is 5.16. The molecule has 104 valence electrons. The minimum atomic E-state index is -0.174. The van der Waals surface area contributed by atoms with Gasteiger partial charge in [-0.3, -0.25) is 14.2 Å². The smallest absolute Gasteiger partial charge is 0.262 e. The number of ether oxygens (including phenoxy) is 1. The Labute approximate surface area is 129 Å². The van der Waals surface area contributed by atoms with Crippen LogP contribution >= 0.6 is 28.1 Å². The molecule has 5 nitrogen and oxygen atoms in total. The molecule has 0 aliphatic heterocycles. The number of pyridine rings is 1. The molecule has 2 aromatic rings. The van der Waals surface area contributed by atoms with Crippen molar-refractivity contribution in [1.29, 1.82) is 0 Å². The molecule has 0 fully saturated rings. The first kappa shape index (κ1) is 14.7. The molecule has 0 aliphatic rings. The Hall–Kier alpha value is -1.73. The summed E-state index contributed by atoms with van der Waals surface area (Å²) in [4.78, 5) is 16.0. The van der Waals surface area contributed by atoms with Crippen LogP contribution in [-0.2, 0) is 0 Å². The van der Waals surface area contributed by atoms with Crippen LogP contribution in [0.3, 0.4) is 0 Å². The van der Waals surface area contributed by atoms with Gasteiger partial charge in [0.05, 0.1) is 23.7 Å². The molecule has 2 rings (SSSR count). The normalized spacial score (nSPS) is 9.90. The fraction of sp³-hybridized carbons (Fsp3) is 0.0769. The lowest BCUT2D eigenvalue weighted by molar-refractivity contribution is 0.0984. The molecule has 1 amide bonds. The van der Waals surface area contributed by atoms with E-state index in [2.05, 4.69) is 30.4 Å². The number of carbonyl (C=O) groups is 1. The van der Waals surface area contributed by atoms with E-state index in [9.17, 15) is 4.79 Å². The summed E-state index contributed by atoms with van der Waals surface area (Å²) in [5, 5.41) is 0. The molecular weight excluding hydrogens is 342 g/mol. The number of methoxy groups -OCH3 is 1. The summed E-state index contributed by atoms with van der Waals surface area (Å²) in [5.41, 5.74) is 0.600. The lowest BCUT2D eigenvalue weighted by atomic mass is 10.2. The predicted octanol–water partition coefficient (Wildman–Crippen LogP) is 3.26. The Kier molecular flexibility index (Phi) is 5.25. The number of anilines is 1. The lowest BCUT2D eigenvalue weighted by Crippen LogP contribution is -2.17. The SMILES string of the molecule is COc1nc(NSNC(=O)c2ccccc2)ccc1Br. The van der Waals surface area contributed by atoms with Crippen LogP contribution in [-0.4, -0.2) is 18.0 Å². The van der Waals surface area contributed by atoms with Gasteiger partial charge in [0.1, 0.15) is 5.82 Å². The van der Waals surface area contributed by atoms with Gasteiger partial charge in [0.15, 0.2) is 0 Å². The van der Waals surface area contributed by atoms with Crippen molar-refractivity contribution in [2.75, 3.05) is 11.8 Å². The van der Waals surface area contributed by atoms with Gasteiger partial charge in [0, 0.05) is 5.56 Å². The van der Waals surface area contributed by atoms with E-state index in [1.165, 1.54) is 0 Å². The van der Waals surface area contributed by atoms with Gasteiger partial charge in [-0.25, -0.2) is 0 Å². The Balaban J connectivity index is 1.89. The van der Waals surface area contributed by atoms with Crippen molar-refractivity contribution < 1.29 is 9.53 Å². The largest absolute Gasteiger partial charge is 0.480 e. The Morgan fingerprint density at radius 2 is 2.00 bits per heavy atom. The molecule has 20 heavy (non-hydrogen) atoms. The maximum atomic E-state index is 11.8. The molecular formula is C13H12BrN3O2S. The van der Waals surface area contributed by atoms with E-state index >= 15 is 0 Å². The van der Waals surface area contributed by atoms with Crippen LogP contribution in [0.5, 0.6) is 5.88 Å². The Morgan fingerprint density at radius 1 is 1.25 bits per heavy atom. The molecule has 0 saturated heterocycles. The fourth-order valence-corrected chi connectivity index (χ4v) is 2.26. The van der Waals surface area contributed by atoms with E-state index in [1.54, 1.807) is 25.3 Å². The number of nitrogens with one attached hydrogen (secondary N) is 2. The maximum Gasteiger partial charge on any atom is 0.262 e. The first-order valence-electron chi connectivity index (χ1n) is 5.68. The second kappa shape index (κ2) is 7.16. The summed E-state index contributed by atoms with van der Waals surface area (Å²) in [6.45, 7) is 0. The third kappa shape index (κ3) is 3.88. The zero-order valence-electron chi connectivity index (χ0n) is 10.6.